The highest BCUT2D eigenvalue weighted by Gasteiger charge is 2.02. The van der Waals surface area contributed by atoms with Gasteiger partial charge in [0, 0.05) is 12.2 Å². The predicted octanol–water partition coefficient (Wildman–Crippen LogP) is 2.06. The molecule has 0 bridgehead atoms. The molecule has 56 valence electrons. The standard InChI is InChI=1S/C7H11BrN2/c1-5(9-2)6-3-7(8)10-4-6/h3-5,9-10H,1-2H3. The van der Waals surface area contributed by atoms with Crippen LogP contribution in [0, 0.1) is 0 Å². The lowest BCUT2D eigenvalue weighted by atomic mass is 10.2. The van der Waals surface area contributed by atoms with Crippen LogP contribution in [0.5, 0.6) is 0 Å². The summed E-state index contributed by atoms with van der Waals surface area (Å²) in [5.74, 6) is 0. The van der Waals surface area contributed by atoms with E-state index in [0.717, 1.165) is 4.60 Å². The molecule has 0 radical (unpaired) electrons. The summed E-state index contributed by atoms with van der Waals surface area (Å²) in [5, 5.41) is 3.15. The fourth-order valence-corrected chi connectivity index (χ4v) is 1.18. The van der Waals surface area contributed by atoms with Crippen molar-refractivity contribution in [2.75, 3.05) is 7.05 Å². The van der Waals surface area contributed by atoms with E-state index in [1.165, 1.54) is 5.56 Å². The van der Waals surface area contributed by atoms with Crippen LogP contribution in [0.1, 0.15) is 18.5 Å². The molecule has 0 saturated heterocycles. The van der Waals surface area contributed by atoms with Crippen LogP contribution in [0.25, 0.3) is 0 Å². The summed E-state index contributed by atoms with van der Waals surface area (Å²) in [6, 6.07) is 2.49. The Kier molecular flexibility index (Phi) is 2.51. The minimum Gasteiger partial charge on any atom is -0.356 e. The molecule has 1 unspecified atom stereocenters. The van der Waals surface area contributed by atoms with Gasteiger partial charge < -0.3 is 10.3 Å². The summed E-state index contributed by atoms with van der Waals surface area (Å²) in [5.41, 5.74) is 1.27. The van der Waals surface area contributed by atoms with Crippen LogP contribution in [0.15, 0.2) is 16.9 Å². The number of H-pyrrole nitrogens is 1. The Labute approximate surface area is 69.2 Å². The van der Waals surface area contributed by atoms with Crippen LogP contribution in [-0.4, -0.2) is 12.0 Å². The van der Waals surface area contributed by atoms with Gasteiger partial charge in [-0.25, -0.2) is 0 Å². The molecule has 1 aromatic rings. The third-order valence-electron chi connectivity index (χ3n) is 1.60. The van der Waals surface area contributed by atoms with Gasteiger partial charge >= 0.3 is 0 Å². The minimum atomic E-state index is 0.419. The zero-order valence-electron chi connectivity index (χ0n) is 6.11. The van der Waals surface area contributed by atoms with Crippen molar-refractivity contribution in [2.45, 2.75) is 13.0 Å². The lowest BCUT2D eigenvalue weighted by Gasteiger charge is -2.05. The molecule has 0 amide bonds. The van der Waals surface area contributed by atoms with E-state index >= 15 is 0 Å². The van der Waals surface area contributed by atoms with E-state index in [9.17, 15) is 0 Å². The lowest BCUT2D eigenvalue weighted by molar-refractivity contribution is 0.653. The van der Waals surface area contributed by atoms with E-state index in [1.807, 2.05) is 13.2 Å². The molecule has 0 aliphatic heterocycles. The van der Waals surface area contributed by atoms with Crippen molar-refractivity contribution in [3.63, 3.8) is 0 Å². The second-order valence-electron chi connectivity index (χ2n) is 2.29. The number of aromatic nitrogens is 1. The van der Waals surface area contributed by atoms with Crippen molar-refractivity contribution in [3.05, 3.63) is 22.4 Å². The minimum absolute atomic E-state index is 0.419. The zero-order chi connectivity index (χ0) is 7.56. The molecule has 1 aromatic heterocycles. The normalized spacial score (nSPS) is 13.5. The van der Waals surface area contributed by atoms with Gasteiger partial charge in [0.15, 0.2) is 0 Å². The third-order valence-corrected chi connectivity index (χ3v) is 2.06. The van der Waals surface area contributed by atoms with Gasteiger partial charge in [0.2, 0.25) is 0 Å². The highest BCUT2D eigenvalue weighted by molar-refractivity contribution is 9.10. The quantitative estimate of drug-likeness (QED) is 0.756. The van der Waals surface area contributed by atoms with Crippen LogP contribution in [0.2, 0.25) is 0 Å². The molecule has 0 aliphatic rings. The summed E-state index contributed by atoms with van der Waals surface area (Å²) in [6.45, 7) is 2.12. The largest absolute Gasteiger partial charge is 0.356 e. The third kappa shape index (κ3) is 1.61. The highest BCUT2D eigenvalue weighted by Crippen LogP contribution is 2.15. The van der Waals surface area contributed by atoms with Crippen molar-refractivity contribution >= 4 is 15.9 Å². The van der Waals surface area contributed by atoms with E-state index in [0.29, 0.717) is 6.04 Å². The van der Waals surface area contributed by atoms with Gasteiger partial charge in [0.25, 0.3) is 0 Å². The Hall–Kier alpha value is -0.280. The maximum atomic E-state index is 3.35. The Bertz CT molecular complexity index is 207. The molecule has 1 heterocycles. The van der Waals surface area contributed by atoms with Crippen molar-refractivity contribution in [2.24, 2.45) is 0 Å². The fourth-order valence-electron chi connectivity index (χ4n) is 0.799. The maximum Gasteiger partial charge on any atom is 0.0823 e. The van der Waals surface area contributed by atoms with E-state index in [-0.39, 0.29) is 0 Å². The molecule has 10 heavy (non-hydrogen) atoms. The zero-order valence-corrected chi connectivity index (χ0v) is 7.70. The Morgan fingerprint density at radius 1 is 1.70 bits per heavy atom. The molecule has 0 spiro atoms. The second kappa shape index (κ2) is 3.21. The predicted molar refractivity (Wildman–Crippen MR) is 46.0 cm³/mol. The lowest BCUT2D eigenvalue weighted by Crippen LogP contribution is -2.11. The Morgan fingerprint density at radius 3 is 2.80 bits per heavy atom. The molecular formula is C7H11BrN2. The van der Waals surface area contributed by atoms with Crippen LogP contribution >= 0.6 is 15.9 Å². The van der Waals surface area contributed by atoms with Crippen LogP contribution in [0.3, 0.4) is 0 Å². The first-order valence-electron chi connectivity index (χ1n) is 3.25. The summed E-state index contributed by atoms with van der Waals surface area (Å²) in [6.07, 6.45) is 1.99. The molecule has 0 saturated carbocycles. The molecule has 0 aliphatic carbocycles. The average Bonchev–Trinajstić information content (AvgIpc) is 2.34. The topological polar surface area (TPSA) is 27.8 Å². The fraction of sp³-hybridized carbons (Fsp3) is 0.429. The first-order valence-corrected chi connectivity index (χ1v) is 4.04. The number of hydrogen-bond acceptors (Lipinski definition) is 1. The van der Waals surface area contributed by atoms with Gasteiger partial charge in [0.1, 0.15) is 0 Å². The average molecular weight is 203 g/mol. The summed E-state index contributed by atoms with van der Waals surface area (Å²) < 4.78 is 1.03. The van der Waals surface area contributed by atoms with E-state index < -0.39 is 0 Å². The summed E-state index contributed by atoms with van der Waals surface area (Å²) in [4.78, 5) is 3.06. The first-order chi connectivity index (χ1) is 4.74. The van der Waals surface area contributed by atoms with Crippen LogP contribution in [0.4, 0.5) is 0 Å². The molecular weight excluding hydrogens is 192 g/mol. The van der Waals surface area contributed by atoms with Crippen molar-refractivity contribution in [1.29, 1.82) is 0 Å². The number of nitrogens with one attached hydrogen (secondary N) is 2. The second-order valence-corrected chi connectivity index (χ2v) is 3.15. The van der Waals surface area contributed by atoms with E-state index in [1.54, 1.807) is 0 Å². The van der Waals surface area contributed by atoms with Gasteiger partial charge in [-0.15, -0.1) is 0 Å². The molecule has 0 fully saturated rings. The molecule has 3 heteroatoms. The van der Waals surface area contributed by atoms with Gasteiger partial charge in [-0.1, -0.05) is 0 Å². The molecule has 2 N–H and O–H groups in total. The highest BCUT2D eigenvalue weighted by atomic mass is 79.9. The smallest absolute Gasteiger partial charge is 0.0823 e. The maximum absolute atomic E-state index is 3.35. The number of halogens is 1. The van der Waals surface area contributed by atoms with Crippen LogP contribution in [-0.2, 0) is 0 Å². The first kappa shape index (κ1) is 7.82. The molecule has 0 aromatic carbocycles. The van der Waals surface area contributed by atoms with Crippen LogP contribution < -0.4 is 5.32 Å². The molecule has 1 rings (SSSR count). The summed E-state index contributed by atoms with van der Waals surface area (Å²) >= 11 is 3.35. The molecule has 1 atom stereocenters. The summed E-state index contributed by atoms with van der Waals surface area (Å²) in [7, 11) is 1.95. The van der Waals surface area contributed by atoms with Gasteiger partial charge in [-0.3, -0.25) is 0 Å². The Morgan fingerprint density at radius 2 is 2.40 bits per heavy atom. The van der Waals surface area contributed by atoms with Crippen molar-refractivity contribution in [1.82, 2.24) is 10.3 Å². The van der Waals surface area contributed by atoms with Crippen molar-refractivity contribution < 1.29 is 0 Å². The number of hydrogen-bond donors (Lipinski definition) is 2. The molecule has 2 nitrogen and oxygen atoms in total. The van der Waals surface area contributed by atoms with E-state index in [2.05, 4.69) is 39.2 Å². The van der Waals surface area contributed by atoms with Gasteiger partial charge in [0.05, 0.1) is 4.60 Å². The van der Waals surface area contributed by atoms with E-state index in [4.69, 9.17) is 0 Å². The SMILES string of the molecule is CNC(C)c1c[nH]c(Br)c1. The van der Waals surface area contributed by atoms with Crippen molar-refractivity contribution in [3.8, 4) is 0 Å². The number of rotatable bonds is 2. The number of aromatic amines is 1. The van der Waals surface area contributed by atoms with Gasteiger partial charge in [-0.05, 0) is 41.5 Å². The monoisotopic (exact) mass is 202 g/mol. The van der Waals surface area contributed by atoms with Gasteiger partial charge in [-0.2, -0.15) is 0 Å². The Balaban J connectivity index is 2.74.